The summed E-state index contributed by atoms with van der Waals surface area (Å²) < 4.78 is 57.9. The van der Waals surface area contributed by atoms with Crippen LogP contribution in [0, 0.1) is 17.8 Å². The Morgan fingerprint density at radius 2 is 1.67 bits per heavy atom. The van der Waals surface area contributed by atoms with E-state index in [0.29, 0.717) is 55.2 Å². The zero-order valence-corrected chi connectivity index (χ0v) is 30.2. The number of anilines is 2. The van der Waals surface area contributed by atoms with Crippen molar-refractivity contribution in [3.05, 3.63) is 72.1 Å². The number of benzene rings is 2. The van der Waals surface area contributed by atoms with Gasteiger partial charge >= 0.3 is 12.1 Å². The Morgan fingerprint density at radius 1 is 1.00 bits per heavy atom. The number of alkyl halides is 3. The van der Waals surface area contributed by atoms with Gasteiger partial charge in [0, 0.05) is 37.0 Å². The molecule has 6 rings (SSSR count). The second kappa shape index (κ2) is 13.9. The summed E-state index contributed by atoms with van der Waals surface area (Å²) in [7, 11) is 0. The fraction of sp³-hybridized carbons (Fsp3) is 0.474. The first-order valence-electron chi connectivity index (χ1n) is 17.5. The third-order valence-electron chi connectivity index (χ3n) is 9.92. The number of ether oxygens (including phenoxy) is 2. The molecule has 3 atom stereocenters. The highest BCUT2D eigenvalue weighted by Gasteiger charge is 2.54. The second-order valence-corrected chi connectivity index (χ2v) is 15.2. The molecule has 0 saturated carbocycles. The molecular weight excluding hydrogens is 675 g/mol. The maximum atomic E-state index is 15.0. The van der Waals surface area contributed by atoms with E-state index in [1.54, 1.807) is 31.3 Å². The normalized spacial score (nSPS) is 19.6. The molecule has 2 aromatic heterocycles. The van der Waals surface area contributed by atoms with E-state index in [1.807, 2.05) is 43.0 Å². The number of hydrogen-bond acceptors (Lipinski definition) is 9. The fourth-order valence-electron chi connectivity index (χ4n) is 7.73. The number of rotatable bonds is 9. The summed E-state index contributed by atoms with van der Waals surface area (Å²) in [6, 6.07) is 14.5. The van der Waals surface area contributed by atoms with Crippen molar-refractivity contribution in [1.82, 2.24) is 25.1 Å². The number of carboxylic acids is 1. The third kappa shape index (κ3) is 7.81. The van der Waals surface area contributed by atoms with Crippen LogP contribution in [-0.4, -0.2) is 68.3 Å². The SMILES string of the molecule is Cc1ccn(-c2cc(-c3ccc(OC(C)C)cc3)ccc2[C@@H](Oc2cc(N3CCC4(CC3)CC(C(=O)O)NC4C(C)(C)C)nc(N)n2)C(F)(F)F)n1. The maximum Gasteiger partial charge on any atom is 0.429 e. The standard InChI is InChI=1S/C38H46F3N7O4/c1-22(2)51-26-10-7-24(8-11-26)25-9-12-27(29(19-25)48-16-13-23(3)46-48)32(38(39,40)41)52-31-20-30(44-35(42)45-31)47-17-14-37(15-18-47)21-28(33(49)50)43-34(37)36(4,5)6/h7-13,16,19-20,22,28,32,34,43H,14-15,17-18,21H2,1-6H3,(H,49,50)(H2,42,44,45)/t28?,32-,34?/m1/s1. The molecule has 2 saturated heterocycles. The van der Waals surface area contributed by atoms with Crippen molar-refractivity contribution in [2.45, 2.75) is 91.3 Å². The van der Waals surface area contributed by atoms with Gasteiger partial charge in [0.1, 0.15) is 17.6 Å². The van der Waals surface area contributed by atoms with Crippen LogP contribution in [-0.2, 0) is 4.79 Å². The molecule has 0 amide bonds. The number of aryl methyl sites for hydroxylation is 1. The molecule has 0 bridgehead atoms. The van der Waals surface area contributed by atoms with E-state index >= 15 is 13.2 Å². The number of halogens is 3. The average molecular weight is 722 g/mol. The van der Waals surface area contributed by atoms with E-state index in [0.717, 1.165) is 5.56 Å². The summed E-state index contributed by atoms with van der Waals surface area (Å²) in [5, 5.41) is 17.6. The van der Waals surface area contributed by atoms with Crippen molar-refractivity contribution >= 4 is 17.7 Å². The molecule has 4 aromatic rings. The molecule has 14 heteroatoms. The summed E-state index contributed by atoms with van der Waals surface area (Å²) in [6.07, 6.45) is -3.81. The fourth-order valence-corrected chi connectivity index (χ4v) is 7.73. The number of aliphatic carboxylic acids is 1. The van der Waals surface area contributed by atoms with Crippen LogP contribution in [0.15, 0.2) is 60.8 Å². The highest BCUT2D eigenvalue weighted by Crippen LogP contribution is 2.50. The molecule has 0 aliphatic carbocycles. The number of aromatic nitrogens is 4. The molecule has 2 unspecified atom stereocenters. The summed E-state index contributed by atoms with van der Waals surface area (Å²) in [4.78, 5) is 22.3. The van der Waals surface area contributed by atoms with Gasteiger partial charge in [-0.2, -0.15) is 28.2 Å². The van der Waals surface area contributed by atoms with Crippen molar-refractivity contribution < 1.29 is 32.5 Å². The minimum Gasteiger partial charge on any atom is -0.491 e. The van der Waals surface area contributed by atoms with Crippen LogP contribution in [0.1, 0.15) is 71.2 Å². The zero-order chi connectivity index (χ0) is 37.6. The van der Waals surface area contributed by atoms with Crippen molar-refractivity contribution in [2.24, 2.45) is 10.8 Å². The summed E-state index contributed by atoms with van der Waals surface area (Å²) in [6.45, 7) is 12.9. The number of nitrogens with two attached hydrogens (primary N) is 1. The molecule has 2 fully saturated rings. The van der Waals surface area contributed by atoms with Crippen LogP contribution in [0.5, 0.6) is 11.6 Å². The number of nitrogens with one attached hydrogen (secondary N) is 1. The van der Waals surface area contributed by atoms with Gasteiger partial charge < -0.3 is 30.5 Å². The van der Waals surface area contributed by atoms with Gasteiger partial charge in [-0.3, -0.25) is 4.79 Å². The predicted octanol–water partition coefficient (Wildman–Crippen LogP) is 7.14. The van der Waals surface area contributed by atoms with Crippen LogP contribution < -0.4 is 25.4 Å². The van der Waals surface area contributed by atoms with Crippen molar-refractivity contribution in [2.75, 3.05) is 23.7 Å². The molecule has 2 aromatic carbocycles. The van der Waals surface area contributed by atoms with Gasteiger partial charge in [-0.15, -0.1) is 0 Å². The lowest BCUT2D eigenvalue weighted by Crippen LogP contribution is -2.52. The van der Waals surface area contributed by atoms with E-state index in [1.165, 1.54) is 16.8 Å². The zero-order valence-electron chi connectivity index (χ0n) is 30.2. The molecule has 4 heterocycles. The Labute approximate surface area is 301 Å². The lowest BCUT2D eigenvalue weighted by molar-refractivity contribution is -0.198. The first-order valence-corrected chi connectivity index (χ1v) is 17.5. The number of nitrogens with zero attached hydrogens (tertiary/aromatic N) is 5. The van der Waals surface area contributed by atoms with Gasteiger partial charge in [0.05, 0.1) is 17.5 Å². The van der Waals surface area contributed by atoms with E-state index in [4.69, 9.17) is 15.2 Å². The molecule has 0 radical (unpaired) electrons. The quantitative estimate of drug-likeness (QED) is 0.163. The van der Waals surface area contributed by atoms with Crippen molar-refractivity contribution in [1.29, 1.82) is 0 Å². The molecule has 11 nitrogen and oxygen atoms in total. The van der Waals surface area contributed by atoms with Gasteiger partial charge in [0.15, 0.2) is 0 Å². The first kappa shape index (κ1) is 36.9. The van der Waals surface area contributed by atoms with E-state index in [2.05, 4.69) is 41.2 Å². The van der Waals surface area contributed by atoms with E-state index in [9.17, 15) is 9.90 Å². The Morgan fingerprint density at radius 3 is 2.25 bits per heavy atom. The van der Waals surface area contributed by atoms with Gasteiger partial charge in [-0.05, 0) is 86.3 Å². The van der Waals surface area contributed by atoms with Gasteiger partial charge in [-0.25, -0.2) is 4.68 Å². The molecular formula is C38H46F3N7O4. The van der Waals surface area contributed by atoms with Crippen LogP contribution in [0.4, 0.5) is 24.9 Å². The van der Waals surface area contributed by atoms with Crippen LogP contribution in [0.3, 0.4) is 0 Å². The molecule has 2 aliphatic rings. The molecule has 52 heavy (non-hydrogen) atoms. The largest absolute Gasteiger partial charge is 0.491 e. The number of carbonyl (C=O) groups is 1. The topological polar surface area (TPSA) is 141 Å². The minimum atomic E-state index is -4.84. The minimum absolute atomic E-state index is 0.00315. The van der Waals surface area contributed by atoms with Crippen molar-refractivity contribution in [3.63, 3.8) is 0 Å². The Bertz CT molecular complexity index is 1900. The van der Waals surface area contributed by atoms with Crippen LogP contribution in [0.25, 0.3) is 16.8 Å². The highest BCUT2D eigenvalue weighted by atomic mass is 19.4. The Hall–Kier alpha value is -4.85. The Kier molecular flexibility index (Phi) is 9.90. The summed E-state index contributed by atoms with van der Waals surface area (Å²) in [5.41, 5.74) is 7.77. The predicted molar refractivity (Wildman–Crippen MR) is 192 cm³/mol. The third-order valence-corrected chi connectivity index (χ3v) is 9.92. The van der Waals surface area contributed by atoms with Crippen LogP contribution >= 0.6 is 0 Å². The van der Waals surface area contributed by atoms with Crippen molar-refractivity contribution in [3.8, 4) is 28.4 Å². The lowest BCUT2D eigenvalue weighted by atomic mass is 9.64. The average Bonchev–Trinajstić information content (AvgIpc) is 3.67. The smallest absolute Gasteiger partial charge is 0.429 e. The summed E-state index contributed by atoms with van der Waals surface area (Å²) in [5.74, 6) is -0.386. The van der Waals surface area contributed by atoms with Crippen LogP contribution in [0.2, 0.25) is 0 Å². The van der Waals surface area contributed by atoms with E-state index < -0.39 is 24.3 Å². The molecule has 2 aliphatic heterocycles. The number of piperidine rings is 1. The summed E-state index contributed by atoms with van der Waals surface area (Å²) >= 11 is 0. The number of nitrogen functional groups attached to an aromatic ring is 1. The monoisotopic (exact) mass is 721 g/mol. The first-order chi connectivity index (χ1) is 24.4. The number of hydrogen-bond donors (Lipinski definition) is 3. The van der Waals surface area contributed by atoms with Gasteiger partial charge in [0.25, 0.3) is 0 Å². The van der Waals surface area contributed by atoms with Gasteiger partial charge in [-0.1, -0.05) is 45.0 Å². The van der Waals surface area contributed by atoms with Gasteiger partial charge in [0.2, 0.25) is 17.9 Å². The second-order valence-electron chi connectivity index (χ2n) is 15.2. The Balaban J connectivity index is 1.29. The molecule has 1 spiro atoms. The maximum absolute atomic E-state index is 15.0. The molecule has 278 valence electrons. The number of carboxylic acid groups (broad SMARTS) is 1. The lowest BCUT2D eigenvalue weighted by Gasteiger charge is -2.47. The highest BCUT2D eigenvalue weighted by molar-refractivity contribution is 5.74. The molecule has 4 N–H and O–H groups in total. The van der Waals surface area contributed by atoms with E-state index in [-0.39, 0.29) is 46.1 Å².